The SMILES string of the molecule is CCNC(=NCc1ccc(CN2CCCCC2)cc1)NCC1CCN(CCOC)CC1.I. The summed E-state index contributed by atoms with van der Waals surface area (Å²) in [5.74, 6) is 1.65. The number of nitrogens with one attached hydrogen (secondary N) is 2. The summed E-state index contributed by atoms with van der Waals surface area (Å²) in [4.78, 5) is 9.91. The first kappa shape index (κ1) is 27.3. The third kappa shape index (κ3) is 9.93. The Hall–Kier alpha value is -0.900. The average molecular weight is 558 g/mol. The van der Waals surface area contributed by atoms with Crippen molar-refractivity contribution in [2.24, 2.45) is 10.9 Å². The van der Waals surface area contributed by atoms with Gasteiger partial charge in [-0.25, -0.2) is 4.99 Å². The normalized spacial score (nSPS) is 18.9. The first-order valence-corrected chi connectivity index (χ1v) is 12.3. The molecule has 2 heterocycles. The smallest absolute Gasteiger partial charge is 0.191 e. The molecule has 2 aliphatic rings. The number of hydrogen-bond donors (Lipinski definition) is 2. The summed E-state index contributed by atoms with van der Waals surface area (Å²) in [5.41, 5.74) is 2.68. The van der Waals surface area contributed by atoms with E-state index in [1.165, 1.54) is 69.4 Å². The molecule has 2 fully saturated rings. The van der Waals surface area contributed by atoms with E-state index in [-0.39, 0.29) is 24.0 Å². The van der Waals surface area contributed by atoms with Gasteiger partial charge in [0, 0.05) is 33.3 Å². The second-order valence-corrected chi connectivity index (χ2v) is 9.01. The van der Waals surface area contributed by atoms with Crippen LogP contribution in [0, 0.1) is 5.92 Å². The summed E-state index contributed by atoms with van der Waals surface area (Å²) in [6.45, 7) is 12.5. The highest BCUT2D eigenvalue weighted by Crippen LogP contribution is 2.16. The highest BCUT2D eigenvalue weighted by molar-refractivity contribution is 14.0. The molecule has 0 atom stereocenters. The third-order valence-corrected chi connectivity index (χ3v) is 6.52. The van der Waals surface area contributed by atoms with Crippen molar-refractivity contribution in [3.8, 4) is 0 Å². The minimum Gasteiger partial charge on any atom is -0.383 e. The molecule has 32 heavy (non-hydrogen) atoms. The van der Waals surface area contributed by atoms with Gasteiger partial charge >= 0.3 is 0 Å². The van der Waals surface area contributed by atoms with Gasteiger partial charge in [0.15, 0.2) is 5.96 Å². The van der Waals surface area contributed by atoms with Crippen LogP contribution in [0.15, 0.2) is 29.3 Å². The Morgan fingerprint density at radius 3 is 2.31 bits per heavy atom. The third-order valence-electron chi connectivity index (χ3n) is 6.52. The Morgan fingerprint density at radius 1 is 0.969 bits per heavy atom. The number of rotatable bonds is 10. The number of hydrogen-bond acceptors (Lipinski definition) is 4. The number of guanidine groups is 1. The van der Waals surface area contributed by atoms with E-state index >= 15 is 0 Å². The maximum absolute atomic E-state index is 5.20. The zero-order chi connectivity index (χ0) is 21.7. The minimum atomic E-state index is 0. The second kappa shape index (κ2) is 15.9. The van der Waals surface area contributed by atoms with Gasteiger partial charge in [-0.05, 0) is 75.8 Å². The zero-order valence-electron chi connectivity index (χ0n) is 20.2. The zero-order valence-corrected chi connectivity index (χ0v) is 22.5. The molecule has 0 radical (unpaired) electrons. The molecular weight excluding hydrogens is 513 g/mol. The molecule has 2 N–H and O–H groups in total. The molecule has 1 aromatic carbocycles. The van der Waals surface area contributed by atoms with Crippen molar-refractivity contribution in [3.05, 3.63) is 35.4 Å². The predicted octanol–water partition coefficient (Wildman–Crippen LogP) is 3.70. The lowest BCUT2D eigenvalue weighted by Crippen LogP contribution is -2.43. The summed E-state index contributed by atoms with van der Waals surface area (Å²) in [7, 11) is 1.78. The van der Waals surface area contributed by atoms with Crippen molar-refractivity contribution in [1.82, 2.24) is 20.4 Å². The molecule has 3 rings (SSSR count). The summed E-state index contributed by atoms with van der Waals surface area (Å²) >= 11 is 0. The standard InChI is InChI=1S/C25H43N5O.HI/c1-3-26-25(28-20-23-11-15-29(16-12-23)17-18-31-2)27-19-22-7-9-24(10-8-22)21-30-13-5-4-6-14-30;/h7-10,23H,3-6,11-21H2,1-2H3,(H2,26,27,28);1H. The van der Waals surface area contributed by atoms with Crippen LogP contribution >= 0.6 is 24.0 Å². The van der Waals surface area contributed by atoms with Crippen LogP contribution in [0.2, 0.25) is 0 Å². The van der Waals surface area contributed by atoms with Crippen molar-refractivity contribution in [2.45, 2.75) is 52.1 Å². The van der Waals surface area contributed by atoms with Crippen molar-refractivity contribution in [1.29, 1.82) is 0 Å². The lowest BCUT2D eigenvalue weighted by atomic mass is 9.97. The van der Waals surface area contributed by atoms with E-state index < -0.39 is 0 Å². The molecule has 6 nitrogen and oxygen atoms in total. The highest BCUT2D eigenvalue weighted by atomic mass is 127. The van der Waals surface area contributed by atoms with Crippen LogP contribution in [-0.4, -0.2) is 75.3 Å². The Bertz CT molecular complexity index is 640. The molecule has 0 saturated carbocycles. The van der Waals surface area contributed by atoms with Crippen LogP contribution in [0.25, 0.3) is 0 Å². The van der Waals surface area contributed by atoms with Gasteiger partial charge in [-0.1, -0.05) is 30.7 Å². The quantitative estimate of drug-likeness (QED) is 0.261. The fourth-order valence-electron chi connectivity index (χ4n) is 4.51. The summed E-state index contributed by atoms with van der Waals surface area (Å²) in [6, 6.07) is 9.03. The number of ether oxygens (including phenoxy) is 1. The van der Waals surface area contributed by atoms with Gasteiger partial charge < -0.3 is 20.3 Å². The summed E-state index contributed by atoms with van der Waals surface area (Å²) < 4.78 is 5.20. The molecule has 0 amide bonds. The van der Waals surface area contributed by atoms with E-state index in [9.17, 15) is 0 Å². The Labute approximate surface area is 212 Å². The minimum absolute atomic E-state index is 0. The van der Waals surface area contributed by atoms with Crippen molar-refractivity contribution < 1.29 is 4.74 Å². The van der Waals surface area contributed by atoms with Gasteiger partial charge in [0.05, 0.1) is 13.2 Å². The van der Waals surface area contributed by atoms with Crippen LogP contribution in [0.5, 0.6) is 0 Å². The topological polar surface area (TPSA) is 52.1 Å². The molecular formula is C25H44IN5O. The van der Waals surface area contributed by atoms with Gasteiger partial charge in [-0.3, -0.25) is 4.90 Å². The van der Waals surface area contributed by atoms with E-state index in [1.54, 1.807) is 7.11 Å². The first-order valence-electron chi connectivity index (χ1n) is 12.3. The number of benzene rings is 1. The number of likely N-dealkylation sites (tertiary alicyclic amines) is 2. The van der Waals surface area contributed by atoms with Crippen LogP contribution < -0.4 is 10.6 Å². The number of aliphatic imine (C=N–C) groups is 1. The van der Waals surface area contributed by atoms with Crippen LogP contribution in [0.4, 0.5) is 0 Å². The number of piperidine rings is 2. The Kier molecular flexibility index (Phi) is 13.5. The van der Waals surface area contributed by atoms with Gasteiger partial charge in [-0.2, -0.15) is 0 Å². The lowest BCUT2D eigenvalue weighted by molar-refractivity contribution is 0.121. The molecule has 182 valence electrons. The van der Waals surface area contributed by atoms with Crippen LogP contribution in [-0.2, 0) is 17.8 Å². The fourth-order valence-corrected chi connectivity index (χ4v) is 4.51. The number of halogens is 1. The Morgan fingerprint density at radius 2 is 1.66 bits per heavy atom. The largest absolute Gasteiger partial charge is 0.383 e. The molecule has 2 saturated heterocycles. The highest BCUT2D eigenvalue weighted by Gasteiger charge is 2.19. The average Bonchev–Trinajstić information content (AvgIpc) is 2.82. The van der Waals surface area contributed by atoms with Crippen molar-refractivity contribution >= 4 is 29.9 Å². The Balaban J connectivity index is 0.00000363. The van der Waals surface area contributed by atoms with E-state index in [1.807, 2.05) is 0 Å². The molecule has 0 spiro atoms. The molecule has 0 bridgehead atoms. The van der Waals surface area contributed by atoms with E-state index in [0.717, 1.165) is 51.2 Å². The van der Waals surface area contributed by atoms with E-state index in [0.29, 0.717) is 0 Å². The fraction of sp³-hybridized carbons (Fsp3) is 0.720. The van der Waals surface area contributed by atoms with Gasteiger partial charge in [-0.15, -0.1) is 24.0 Å². The molecule has 1 aromatic rings. The molecule has 7 heteroatoms. The molecule has 0 aliphatic carbocycles. The second-order valence-electron chi connectivity index (χ2n) is 9.01. The molecule has 2 aliphatic heterocycles. The lowest BCUT2D eigenvalue weighted by Gasteiger charge is -2.32. The maximum Gasteiger partial charge on any atom is 0.191 e. The van der Waals surface area contributed by atoms with Crippen LogP contribution in [0.1, 0.15) is 50.2 Å². The number of nitrogens with zero attached hydrogens (tertiary/aromatic N) is 3. The van der Waals surface area contributed by atoms with Gasteiger partial charge in [0.25, 0.3) is 0 Å². The van der Waals surface area contributed by atoms with E-state index in [4.69, 9.17) is 9.73 Å². The molecule has 0 unspecified atom stereocenters. The van der Waals surface area contributed by atoms with Gasteiger partial charge in [0.1, 0.15) is 0 Å². The van der Waals surface area contributed by atoms with Crippen molar-refractivity contribution in [3.63, 3.8) is 0 Å². The van der Waals surface area contributed by atoms with Crippen molar-refractivity contribution in [2.75, 3.05) is 59.5 Å². The summed E-state index contributed by atoms with van der Waals surface area (Å²) in [5, 5.41) is 6.97. The van der Waals surface area contributed by atoms with E-state index in [2.05, 4.69) is 51.6 Å². The number of methoxy groups -OCH3 is 1. The van der Waals surface area contributed by atoms with Crippen LogP contribution in [0.3, 0.4) is 0 Å². The predicted molar refractivity (Wildman–Crippen MR) is 145 cm³/mol. The monoisotopic (exact) mass is 557 g/mol. The van der Waals surface area contributed by atoms with Gasteiger partial charge in [0.2, 0.25) is 0 Å². The summed E-state index contributed by atoms with van der Waals surface area (Å²) in [6.07, 6.45) is 6.58. The first-order chi connectivity index (χ1) is 15.3. The maximum atomic E-state index is 5.20. The molecule has 0 aromatic heterocycles.